The zero-order valence-electron chi connectivity index (χ0n) is 16.1. The van der Waals surface area contributed by atoms with E-state index in [-0.39, 0.29) is 6.61 Å². The van der Waals surface area contributed by atoms with Gasteiger partial charge in [0.15, 0.2) is 6.61 Å². The normalized spacial score (nSPS) is 10.6. The summed E-state index contributed by atoms with van der Waals surface area (Å²) in [5.41, 5.74) is 3.21. The number of rotatable bonds is 5. The van der Waals surface area contributed by atoms with Gasteiger partial charge in [0, 0.05) is 24.7 Å². The van der Waals surface area contributed by atoms with Crippen molar-refractivity contribution in [2.45, 2.75) is 0 Å². The Kier molecular flexibility index (Phi) is 6.62. The van der Waals surface area contributed by atoms with E-state index < -0.39 is 11.9 Å². The van der Waals surface area contributed by atoms with E-state index in [0.29, 0.717) is 27.8 Å². The van der Waals surface area contributed by atoms with Gasteiger partial charge in [0.2, 0.25) is 0 Å². The molecule has 31 heavy (non-hydrogen) atoms. The zero-order chi connectivity index (χ0) is 21.8. The molecule has 0 bridgehead atoms. The molecule has 1 N–H and O–H groups in total. The number of amides is 1. The van der Waals surface area contributed by atoms with Gasteiger partial charge in [0.05, 0.1) is 16.8 Å². The molecule has 3 aromatic carbocycles. The third-order valence-corrected chi connectivity index (χ3v) is 5.66. The Morgan fingerprint density at radius 2 is 1.77 bits per heavy atom. The molecule has 7 heteroatoms. The van der Waals surface area contributed by atoms with Crippen molar-refractivity contribution < 1.29 is 14.3 Å². The average molecular weight is 587 g/mol. The fourth-order valence-corrected chi connectivity index (χ4v) is 4.05. The molecule has 4 aromatic rings. The first kappa shape index (κ1) is 21.5. The molecule has 0 saturated heterocycles. The Labute approximate surface area is 201 Å². The predicted octanol–water partition coefficient (Wildman–Crippen LogP) is 6.06. The molecule has 0 unspecified atom stereocenters. The second-order valence-corrected chi connectivity index (χ2v) is 8.88. The second-order valence-electron chi connectivity index (χ2n) is 6.72. The van der Waals surface area contributed by atoms with Crippen LogP contribution in [0.4, 0.5) is 5.69 Å². The SMILES string of the molecule is O=C(COC(=O)c1cc(-c2cccc(Br)c2)nc2ccccc12)Nc1cccc(I)c1. The first-order valence-electron chi connectivity index (χ1n) is 9.38. The lowest BCUT2D eigenvalue weighted by Gasteiger charge is -2.11. The third-order valence-electron chi connectivity index (χ3n) is 4.50. The van der Waals surface area contributed by atoms with E-state index in [0.717, 1.165) is 13.6 Å². The summed E-state index contributed by atoms with van der Waals surface area (Å²) in [6.07, 6.45) is 0. The molecule has 4 rings (SSSR count). The van der Waals surface area contributed by atoms with Crippen LogP contribution in [0.1, 0.15) is 10.4 Å². The number of carbonyl (C=O) groups is 2. The van der Waals surface area contributed by atoms with Crippen LogP contribution < -0.4 is 5.32 Å². The van der Waals surface area contributed by atoms with E-state index in [1.165, 1.54) is 0 Å². The summed E-state index contributed by atoms with van der Waals surface area (Å²) in [5, 5.41) is 3.40. The van der Waals surface area contributed by atoms with Crippen molar-refractivity contribution in [3.63, 3.8) is 0 Å². The summed E-state index contributed by atoms with van der Waals surface area (Å²) in [5.74, 6) is -0.978. The molecule has 0 aliphatic rings. The van der Waals surface area contributed by atoms with Gasteiger partial charge in [-0.2, -0.15) is 0 Å². The van der Waals surface area contributed by atoms with Crippen molar-refractivity contribution in [2.75, 3.05) is 11.9 Å². The molecule has 5 nitrogen and oxygen atoms in total. The highest BCUT2D eigenvalue weighted by Crippen LogP contribution is 2.27. The van der Waals surface area contributed by atoms with Crippen LogP contribution in [-0.2, 0) is 9.53 Å². The molecule has 0 spiro atoms. The van der Waals surface area contributed by atoms with Gasteiger partial charge in [0.1, 0.15) is 0 Å². The number of hydrogen-bond donors (Lipinski definition) is 1. The Bertz CT molecular complexity index is 1290. The van der Waals surface area contributed by atoms with E-state index in [9.17, 15) is 9.59 Å². The van der Waals surface area contributed by atoms with Crippen molar-refractivity contribution in [2.24, 2.45) is 0 Å². The maximum absolute atomic E-state index is 12.9. The van der Waals surface area contributed by atoms with Crippen molar-refractivity contribution >= 4 is 67.0 Å². The van der Waals surface area contributed by atoms with Crippen LogP contribution in [0.5, 0.6) is 0 Å². The topological polar surface area (TPSA) is 68.3 Å². The third kappa shape index (κ3) is 5.29. The van der Waals surface area contributed by atoms with Crippen LogP contribution in [0.2, 0.25) is 0 Å². The largest absolute Gasteiger partial charge is 0.452 e. The van der Waals surface area contributed by atoms with Gasteiger partial charge >= 0.3 is 5.97 Å². The van der Waals surface area contributed by atoms with E-state index in [2.05, 4.69) is 48.8 Å². The molecular formula is C24H16BrIN2O3. The van der Waals surface area contributed by atoms with Crippen molar-refractivity contribution in [3.8, 4) is 11.3 Å². The van der Waals surface area contributed by atoms with Gasteiger partial charge < -0.3 is 10.1 Å². The zero-order valence-corrected chi connectivity index (χ0v) is 19.9. The molecule has 0 atom stereocenters. The predicted molar refractivity (Wildman–Crippen MR) is 133 cm³/mol. The standard InChI is InChI=1S/C24H16BrIN2O3/c25-16-6-3-5-15(11-16)22-13-20(19-9-1-2-10-21(19)28-22)24(30)31-14-23(29)27-18-8-4-7-17(26)12-18/h1-13H,14H2,(H,27,29). The molecule has 0 aliphatic carbocycles. The van der Waals surface area contributed by atoms with Gasteiger partial charge in [-0.25, -0.2) is 9.78 Å². The number of para-hydroxylation sites is 1. The van der Waals surface area contributed by atoms with Crippen molar-refractivity contribution in [3.05, 3.63) is 92.5 Å². The van der Waals surface area contributed by atoms with Crippen LogP contribution in [0.25, 0.3) is 22.2 Å². The maximum Gasteiger partial charge on any atom is 0.339 e. The van der Waals surface area contributed by atoms with E-state index in [4.69, 9.17) is 4.74 Å². The Morgan fingerprint density at radius 3 is 2.58 bits per heavy atom. The molecule has 1 aromatic heterocycles. The quantitative estimate of drug-likeness (QED) is 0.228. The lowest BCUT2D eigenvalue weighted by molar-refractivity contribution is -0.119. The molecule has 0 saturated carbocycles. The smallest absolute Gasteiger partial charge is 0.339 e. The molecule has 0 aliphatic heterocycles. The Balaban J connectivity index is 1.57. The molecule has 1 amide bonds. The van der Waals surface area contributed by atoms with Crippen LogP contribution in [0.15, 0.2) is 83.3 Å². The van der Waals surface area contributed by atoms with Gasteiger partial charge in [0.25, 0.3) is 5.91 Å². The number of fused-ring (bicyclic) bond motifs is 1. The van der Waals surface area contributed by atoms with Crippen molar-refractivity contribution in [1.82, 2.24) is 4.98 Å². The summed E-state index contributed by atoms with van der Waals surface area (Å²) in [6, 6.07) is 24.1. The Morgan fingerprint density at radius 1 is 0.968 bits per heavy atom. The first-order valence-corrected chi connectivity index (χ1v) is 11.2. The minimum Gasteiger partial charge on any atom is -0.452 e. The lowest BCUT2D eigenvalue weighted by Crippen LogP contribution is -2.21. The highest BCUT2D eigenvalue weighted by molar-refractivity contribution is 14.1. The monoisotopic (exact) mass is 586 g/mol. The number of pyridine rings is 1. The van der Waals surface area contributed by atoms with E-state index >= 15 is 0 Å². The minimum absolute atomic E-state index is 0.364. The number of benzene rings is 3. The summed E-state index contributed by atoms with van der Waals surface area (Å²) in [6.45, 7) is -0.382. The number of esters is 1. The number of anilines is 1. The van der Waals surface area contributed by atoms with Crippen LogP contribution >= 0.6 is 38.5 Å². The number of nitrogens with zero attached hydrogens (tertiary/aromatic N) is 1. The minimum atomic E-state index is -0.576. The number of ether oxygens (including phenoxy) is 1. The summed E-state index contributed by atoms with van der Waals surface area (Å²) in [7, 11) is 0. The number of aromatic nitrogens is 1. The highest BCUT2D eigenvalue weighted by atomic mass is 127. The number of carbonyl (C=O) groups excluding carboxylic acids is 2. The van der Waals surface area contributed by atoms with Crippen molar-refractivity contribution in [1.29, 1.82) is 0 Å². The lowest BCUT2D eigenvalue weighted by atomic mass is 10.0. The molecule has 1 heterocycles. The van der Waals surface area contributed by atoms with E-state index in [1.807, 2.05) is 66.7 Å². The van der Waals surface area contributed by atoms with Gasteiger partial charge in [-0.15, -0.1) is 0 Å². The molecular weight excluding hydrogens is 571 g/mol. The highest BCUT2D eigenvalue weighted by Gasteiger charge is 2.17. The van der Waals surface area contributed by atoms with Gasteiger partial charge in [-0.05, 0) is 65.1 Å². The summed E-state index contributed by atoms with van der Waals surface area (Å²) >= 11 is 5.63. The molecule has 0 radical (unpaired) electrons. The van der Waals surface area contributed by atoms with Crippen LogP contribution in [0.3, 0.4) is 0 Å². The fourth-order valence-electron chi connectivity index (χ4n) is 3.11. The summed E-state index contributed by atoms with van der Waals surface area (Å²) in [4.78, 5) is 29.8. The average Bonchev–Trinajstić information content (AvgIpc) is 2.76. The van der Waals surface area contributed by atoms with Crippen LogP contribution in [0, 0.1) is 3.57 Å². The first-order chi connectivity index (χ1) is 15.0. The van der Waals surface area contributed by atoms with E-state index in [1.54, 1.807) is 12.1 Å². The van der Waals surface area contributed by atoms with Crippen LogP contribution in [-0.4, -0.2) is 23.5 Å². The molecule has 0 fully saturated rings. The Hall–Kier alpha value is -2.78. The summed E-state index contributed by atoms with van der Waals surface area (Å²) < 4.78 is 7.23. The van der Waals surface area contributed by atoms with Gasteiger partial charge in [-0.1, -0.05) is 52.3 Å². The van der Waals surface area contributed by atoms with Gasteiger partial charge in [-0.3, -0.25) is 4.79 Å². The number of hydrogen-bond acceptors (Lipinski definition) is 4. The molecule has 154 valence electrons. The second kappa shape index (κ2) is 9.57. The fraction of sp³-hybridized carbons (Fsp3) is 0.0417. The number of halogens is 2. The number of nitrogens with one attached hydrogen (secondary N) is 1. The maximum atomic E-state index is 12.9.